The van der Waals surface area contributed by atoms with Crippen LogP contribution in [0.2, 0.25) is 0 Å². The van der Waals surface area contributed by atoms with Crippen molar-refractivity contribution in [1.29, 1.82) is 0 Å². The highest BCUT2D eigenvalue weighted by molar-refractivity contribution is 5.93. The Morgan fingerprint density at radius 1 is 1.10 bits per heavy atom. The number of para-hydroxylation sites is 2. The molecule has 11 nitrogen and oxygen atoms in total. The molecule has 0 fully saturated rings. The number of anilines is 1. The first kappa shape index (κ1) is 19.3. The summed E-state index contributed by atoms with van der Waals surface area (Å²) in [5.74, 6) is 0.964. The quantitative estimate of drug-likeness (QED) is 0.517. The van der Waals surface area contributed by atoms with E-state index >= 15 is 0 Å². The average Bonchev–Trinajstić information content (AvgIpc) is 3.27. The third kappa shape index (κ3) is 3.09. The average molecular weight is 408 g/mol. The number of benzene rings is 1. The van der Waals surface area contributed by atoms with Gasteiger partial charge in [-0.1, -0.05) is 12.1 Å². The van der Waals surface area contributed by atoms with Crippen molar-refractivity contribution >= 4 is 22.8 Å². The lowest BCUT2D eigenvalue weighted by molar-refractivity contribution is -0.116. The fourth-order valence-corrected chi connectivity index (χ4v) is 3.37. The van der Waals surface area contributed by atoms with E-state index in [9.17, 15) is 14.4 Å². The lowest BCUT2D eigenvalue weighted by Gasteiger charge is -2.12. The van der Waals surface area contributed by atoms with Gasteiger partial charge in [0.1, 0.15) is 18.2 Å². The first-order chi connectivity index (χ1) is 14.3. The number of aromatic nitrogens is 7. The van der Waals surface area contributed by atoms with Crippen LogP contribution in [-0.2, 0) is 25.4 Å². The van der Waals surface area contributed by atoms with E-state index in [0.717, 1.165) is 4.57 Å². The van der Waals surface area contributed by atoms with Crippen molar-refractivity contribution < 1.29 is 4.79 Å². The van der Waals surface area contributed by atoms with Crippen LogP contribution in [-0.4, -0.2) is 39.4 Å². The molecule has 1 N–H and O–H groups in total. The highest BCUT2D eigenvalue weighted by Gasteiger charge is 2.17. The number of carbonyl (C=O) groups is 1. The van der Waals surface area contributed by atoms with Crippen LogP contribution in [0.25, 0.3) is 16.9 Å². The van der Waals surface area contributed by atoms with Crippen LogP contribution in [0, 0.1) is 13.8 Å². The van der Waals surface area contributed by atoms with Crippen LogP contribution < -0.4 is 16.6 Å². The summed E-state index contributed by atoms with van der Waals surface area (Å²) in [6.45, 7) is 3.48. The van der Waals surface area contributed by atoms with Crippen LogP contribution in [0.5, 0.6) is 0 Å². The molecule has 0 aliphatic carbocycles. The Labute approximate surface area is 170 Å². The molecule has 0 aliphatic rings. The van der Waals surface area contributed by atoms with Gasteiger partial charge in [0.05, 0.1) is 17.7 Å². The number of amides is 1. The summed E-state index contributed by atoms with van der Waals surface area (Å²) in [5, 5.41) is 7.22. The van der Waals surface area contributed by atoms with E-state index in [-0.39, 0.29) is 23.6 Å². The maximum atomic E-state index is 12.8. The van der Waals surface area contributed by atoms with Crippen molar-refractivity contribution in [2.45, 2.75) is 20.4 Å². The molecule has 0 spiro atoms. The smallest absolute Gasteiger partial charge is 0.323 e. The molecule has 1 aromatic carbocycles. The zero-order chi connectivity index (χ0) is 21.6. The van der Waals surface area contributed by atoms with Gasteiger partial charge in [-0.3, -0.25) is 18.7 Å². The van der Waals surface area contributed by atoms with Crippen LogP contribution >= 0.6 is 0 Å². The summed E-state index contributed by atoms with van der Waals surface area (Å²) in [6.07, 6.45) is 1.38. The topological polar surface area (TPSA) is 122 Å². The summed E-state index contributed by atoms with van der Waals surface area (Å²) in [4.78, 5) is 45.8. The van der Waals surface area contributed by atoms with Gasteiger partial charge in [0.2, 0.25) is 5.91 Å². The third-order valence-corrected chi connectivity index (χ3v) is 4.81. The summed E-state index contributed by atoms with van der Waals surface area (Å²) < 4.78 is 5.35. The predicted octanol–water partition coefficient (Wildman–Crippen LogP) is 0.270. The molecule has 30 heavy (non-hydrogen) atoms. The number of hydrogen-bond acceptors (Lipinski definition) is 6. The Morgan fingerprint density at radius 2 is 1.83 bits per heavy atom. The van der Waals surface area contributed by atoms with Crippen molar-refractivity contribution in [2.24, 2.45) is 14.1 Å². The van der Waals surface area contributed by atoms with E-state index in [4.69, 9.17) is 0 Å². The van der Waals surface area contributed by atoms with Crippen LogP contribution in [0.15, 0.2) is 40.2 Å². The molecule has 0 aliphatic heterocycles. The van der Waals surface area contributed by atoms with Crippen molar-refractivity contribution in [3.05, 3.63) is 63.1 Å². The number of aryl methyl sites for hydroxylation is 3. The minimum atomic E-state index is -0.507. The number of carbonyl (C=O) groups excluding carboxylic acids is 1. The number of nitrogens with one attached hydrogen (secondary N) is 1. The number of nitrogens with zero attached hydrogens (tertiary/aromatic N) is 7. The fourth-order valence-electron chi connectivity index (χ4n) is 3.37. The Kier molecular flexibility index (Phi) is 4.57. The summed E-state index contributed by atoms with van der Waals surface area (Å²) in [7, 11) is 2.92. The first-order valence-electron chi connectivity index (χ1n) is 9.18. The molecule has 1 amide bonds. The van der Waals surface area contributed by atoms with Crippen LogP contribution in [0.1, 0.15) is 11.6 Å². The second-order valence-corrected chi connectivity index (χ2v) is 6.93. The molecule has 11 heteroatoms. The third-order valence-electron chi connectivity index (χ3n) is 4.81. The molecule has 3 aromatic heterocycles. The number of imidazole rings is 1. The number of rotatable bonds is 4. The summed E-state index contributed by atoms with van der Waals surface area (Å²) in [6, 6.07) is 7.23. The molecule has 3 heterocycles. The van der Waals surface area contributed by atoms with E-state index in [1.165, 1.54) is 29.6 Å². The van der Waals surface area contributed by atoms with Gasteiger partial charge in [0.15, 0.2) is 11.2 Å². The van der Waals surface area contributed by atoms with Crippen molar-refractivity contribution in [3.8, 4) is 5.69 Å². The van der Waals surface area contributed by atoms with E-state index in [1.807, 2.05) is 19.1 Å². The minimum absolute atomic E-state index is 0.145. The molecule has 0 bridgehead atoms. The van der Waals surface area contributed by atoms with Crippen molar-refractivity contribution in [2.75, 3.05) is 5.32 Å². The Hall–Kier alpha value is -4.02. The van der Waals surface area contributed by atoms with Gasteiger partial charge in [-0.15, -0.1) is 0 Å². The van der Waals surface area contributed by atoms with E-state index in [2.05, 4.69) is 20.4 Å². The van der Waals surface area contributed by atoms with Crippen molar-refractivity contribution in [1.82, 2.24) is 33.4 Å². The van der Waals surface area contributed by atoms with Gasteiger partial charge in [-0.05, 0) is 26.0 Å². The molecular formula is C19H20N8O3. The number of hydrogen-bond donors (Lipinski definition) is 1. The largest absolute Gasteiger partial charge is 0.332 e. The fraction of sp³-hybridized carbons (Fsp3) is 0.263. The lowest BCUT2D eigenvalue weighted by atomic mass is 10.2. The van der Waals surface area contributed by atoms with Crippen molar-refractivity contribution in [3.63, 3.8) is 0 Å². The molecule has 0 saturated heterocycles. The van der Waals surface area contributed by atoms with Gasteiger partial charge in [-0.2, -0.15) is 5.10 Å². The van der Waals surface area contributed by atoms with Gasteiger partial charge < -0.3 is 9.88 Å². The zero-order valence-electron chi connectivity index (χ0n) is 16.9. The lowest BCUT2D eigenvalue weighted by Crippen LogP contribution is -2.37. The van der Waals surface area contributed by atoms with Crippen LogP contribution in [0.3, 0.4) is 0 Å². The monoisotopic (exact) mass is 408 g/mol. The van der Waals surface area contributed by atoms with E-state index < -0.39 is 11.2 Å². The van der Waals surface area contributed by atoms with E-state index in [0.29, 0.717) is 23.0 Å². The SMILES string of the molecule is Cc1nc(C)n(-c2ccccc2NC(=O)Cn2cnc3c2c(=O)n(C)c(=O)n3C)n1. The molecule has 0 radical (unpaired) electrons. The summed E-state index contributed by atoms with van der Waals surface area (Å²) >= 11 is 0. The molecule has 0 unspecified atom stereocenters. The summed E-state index contributed by atoms with van der Waals surface area (Å²) in [5.41, 5.74) is 0.663. The Morgan fingerprint density at radius 3 is 2.53 bits per heavy atom. The second-order valence-electron chi connectivity index (χ2n) is 6.93. The molecule has 0 atom stereocenters. The molecule has 154 valence electrons. The molecular weight excluding hydrogens is 388 g/mol. The Bertz CT molecular complexity index is 1410. The minimum Gasteiger partial charge on any atom is -0.323 e. The Balaban J connectivity index is 1.67. The van der Waals surface area contributed by atoms with E-state index in [1.54, 1.807) is 23.7 Å². The molecule has 0 saturated carbocycles. The van der Waals surface area contributed by atoms with Gasteiger partial charge in [0.25, 0.3) is 5.56 Å². The van der Waals surface area contributed by atoms with Crippen LogP contribution in [0.4, 0.5) is 5.69 Å². The normalized spacial score (nSPS) is 11.2. The first-order valence-corrected chi connectivity index (χ1v) is 9.18. The van der Waals surface area contributed by atoms with Gasteiger partial charge >= 0.3 is 5.69 Å². The maximum Gasteiger partial charge on any atom is 0.332 e. The highest BCUT2D eigenvalue weighted by atomic mass is 16.2. The van der Waals surface area contributed by atoms with Gasteiger partial charge in [-0.25, -0.2) is 19.4 Å². The maximum absolute atomic E-state index is 12.8. The number of fused-ring (bicyclic) bond motifs is 1. The highest BCUT2D eigenvalue weighted by Crippen LogP contribution is 2.20. The second kappa shape index (κ2) is 7.10. The zero-order valence-corrected chi connectivity index (χ0v) is 16.9. The molecule has 4 aromatic rings. The van der Waals surface area contributed by atoms with Gasteiger partial charge in [0, 0.05) is 14.1 Å². The predicted molar refractivity (Wildman–Crippen MR) is 110 cm³/mol. The standard InChI is InChI=1S/C19H20N8O3/c1-11-21-12(2)27(23-11)14-8-6-5-7-13(14)22-15(28)9-26-10-20-17-16(26)18(29)25(4)19(30)24(17)3/h5-8,10H,9H2,1-4H3,(H,22,28). The molecule has 4 rings (SSSR count).